The maximum Gasteiger partial charge on any atom is 0.269 e. The fraction of sp³-hybridized carbons (Fsp3) is 0.294. The molecule has 1 fully saturated rings. The van der Waals surface area contributed by atoms with Gasteiger partial charge in [0, 0.05) is 25.2 Å². The van der Waals surface area contributed by atoms with Crippen molar-refractivity contribution >= 4 is 34.4 Å². The normalized spacial score (nSPS) is 14.3. The Labute approximate surface area is 167 Å². The summed E-state index contributed by atoms with van der Waals surface area (Å²) in [6, 6.07) is 5.77. The number of carbonyl (C=O) groups excluding carboxylic acids is 1. The fourth-order valence-corrected chi connectivity index (χ4v) is 3.66. The lowest BCUT2D eigenvalue weighted by atomic mass is 10.3. The number of non-ortho nitro benzene ring substituents is 1. The number of nitro groups is 1. The van der Waals surface area contributed by atoms with Crippen molar-refractivity contribution in [3.63, 3.8) is 0 Å². The summed E-state index contributed by atoms with van der Waals surface area (Å²) < 4.78 is 6.67. The first-order valence-corrected chi connectivity index (χ1v) is 9.73. The monoisotopic (exact) mass is 416 g/mol. The number of fused-ring (bicyclic) bond motifs is 1. The first kappa shape index (κ1) is 19.1. The maximum absolute atomic E-state index is 12.4. The van der Waals surface area contributed by atoms with Gasteiger partial charge in [0.1, 0.15) is 5.39 Å². The highest BCUT2D eigenvalue weighted by atomic mass is 32.2. The van der Waals surface area contributed by atoms with Gasteiger partial charge < -0.3 is 14.6 Å². The molecule has 0 bridgehead atoms. The SMILES string of the molecule is O=C(CSc1nc2c(cnn2-c2ccc([N+](=O)[O-])cc2)c(=O)[nH]1)N1CCOCC1. The van der Waals surface area contributed by atoms with Crippen molar-refractivity contribution in [1.29, 1.82) is 0 Å². The van der Waals surface area contributed by atoms with Gasteiger partial charge in [-0.05, 0) is 12.1 Å². The Morgan fingerprint density at radius 1 is 1.28 bits per heavy atom. The van der Waals surface area contributed by atoms with Crippen molar-refractivity contribution in [2.45, 2.75) is 5.16 Å². The van der Waals surface area contributed by atoms with Gasteiger partial charge in [-0.3, -0.25) is 19.7 Å². The highest BCUT2D eigenvalue weighted by molar-refractivity contribution is 7.99. The average Bonchev–Trinajstić information content (AvgIpc) is 3.17. The molecule has 1 aromatic carbocycles. The largest absolute Gasteiger partial charge is 0.378 e. The van der Waals surface area contributed by atoms with Crippen molar-refractivity contribution in [1.82, 2.24) is 24.6 Å². The lowest BCUT2D eigenvalue weighted by Gasteiger charge is -2.26. The smallest absolute Gasteiger partial charge is 0.269 e. The van der Waals surface area contributed by atoms with Crippen molar-refractivity contribution in [2.75, 3.05) is 32.1 Å². The maximum atomic E-state index is 12.4. The molecule has 150 valence electrons. The Morgan fingerprint density at radius 2 is 2.00 bits per heavy atom. The van der Waals surface area contributed by atoms with Gasteiger partial charge in [0.15, 0.2) is 10.8 Å². The quantitative estimate of drug-likeness (QED) is 0.281. The van der Waals surface area contributed by atoms with Gasteiger partial charge in [0.25, 0.3) is 11.2 Å². The third-order valence-corrected chi connectivity index (χ3v) is 5.28. The second-order valence-corrected chi connectivity index (χ2v) is 7.18. The van der Waals surface area contributed by atoms with Crippen LogP contribution in [0.3, 0.4) is 0 Å². The van der Waals surface area contributed by atoms with Crippen LogP contribution in [-0.4, -0.2) is 67.5 Å². The summed E-state index contributed by atoms with van der Waals surface area (Å²) in [5, 5.41) is 15.6. The van der Waals surface area contributed by atoms with Crippen LogP contribution in [0.5, 0.6) is 0 Å². The molecule has 0 unspecified atom stereocenters. The second-order valence-electron chi connectivity index (χ2n) is 6.22. The second kappa shape index (κ2) is 8.01. The fourth-order valence-electron chi connectivity index (χ4n) is 2.91. The van der Waals surface area contributed by atoms with Crippen LogP contribution in [0.1, 0.15) is 0 Å². The Balaban J connectivity index is 1.58. The summed E-state index contributed by atoms with van der Waals surface area (Å²) in [7, 11) is 0. The van der Waals surface area contributed by atoms with E-state index in [1.165, 1.54) is 35.1 Å². The summed E-state index contributed by atoms with van der Waals surface area (Å²) in [4.78, 5) is 43.8. The molecule has 0 aliphatic carbocycles. The third-order valence-electron chi connectivity index (χ3n) is 4.42. The molecule has 2 aromatic heterocycles. The number of carbonyl (C=O) groups is 1. The molecule has 0 saturated carbocycles. The number of nitrogens with one attached hydrogen (secondary N) is 1. The van der Waals surface area contributed by atoms with E-state index in [2.05, 4.69) is 15.1 Å². The zero-order chi connectivity index (χ0) is 20.4. The van der Waals surface area contributed by atoms with Gasteiger partial charge >= 0.3 is 0 Å². The van der Waals surface area contributed by atoms with Crippen molar-refractivity contribution in [2.24, 2.45) is 0 Å². The number of H-pyrrole nitrogens is 1. The predicted octanol–water partition coefficient (Wildman–Crippen LogP) is 0.968. The summed E-state index contributed by atoms with van der Waals surface area (Å²) in [6.07, 6.45) is 1.38. The van der Waals surface area contributed by atoms with Crippen molar-refractivity contribution in [3.05, 3.63) is 50.9 Å². The molecule has 1 amide bonds. The van der Waals surface area contributed by atoms with Gasteiger partial charge in [-0.25, -0.2) is 9.67 Å². The van der Waals surface area contributed by atoms with Crippen LogP contribution in [0.25, 0.3) is 16.7 Å². The Hall–Kier alpha value is -3.25. The molecule has 0 spiro atoms. The summed E-state index contributed by atoms with van der Waals surface area (Å²) in [6.45, 7) is 2.14. The number of nitro benzene ring substituents is 1. The topological polar surface area (TPSA) is 136 Å². The minimum Gasteiger partial charge on any atom is -0.378 e. The number of hydrogen-bond donors (Lipinski definition) is 1. The molecule has 0 radical (unpaired) electrons. The average molecular weight is 416 g/mol. The molecule has 3 aromatic rings. The lowest BCUT2D eigenvalue weighted by molar-refractivity contribution is -0.384. The van der Waals surface area contributed by atoms with Crippen LogP contribution in [0, 0.1) is 10.1 Å². The van der Waals surface area contributed by atoms with Crippen LogP contribution in [0.15, 0.2) is 40.4 Å². The van der Waals surface area contributed by atoms with Gasteiger partial charge in [-0.15, -0.1) is 0 Å². The van der Waals surface area contributed by atoms with E-state index in [1.807, 2.05) is 0 Å². The molecular weight excluding hydrogens is 400 g/mol. The number of benzene rings is 1. The number of thioether (sulfide) groups is 1. The number of ether oxygens (including phenoxy) is 1. The van der Waals surface area contributed by atoms with E-state index in [0.29, 0.717) is 42.8 Å². The molecule has 11 nitrogen and oxygen atoms in total. The first-order chi connectivity index (χ1) is 14.0. The molecule has 1 N–H and O–H groups in total. The number of morpholine rings is 1. The first-order valence-electron chi connectivity index (χ1n) is 8.74. The van der Waals surface area contributed by atoms with Crippen LogP contribution in [0.2, 0.25) is 0 Å². The molecule has 0 atom stereocenters. The molecule has 3 heterocycles. The molecule has 4 rings (SSSR count). The zero-order valence-corrected chi connectivity index (χ0v) is 15.9. The molecule has 1 saturated heterocycles. The summed E-state index contributed by atoms with van der Waals surface area (Å²) in [5.41, 5.74) is 0.423. The minimum atomic E-state index is -0.492. The van der Waals surface area contributed by atoms with Crippen LogP contribution < -0.4 is 5.56 Å². The molecular formula is C17H16N6O5S. The van der Waals surface area contributed by atoms with Gasteiger partial charge in [-0.1, -0.05) is 11.8 Å². The van der Waals surface area contributed by atoms with E-state index in [4.69, 9.17) is 4.74 Å². The zero-order valence-electron chi connectivity index (χ0n) is 15.1. The standard InChI is InChI=1S/C17H16N6O5S/c24-14(21-5-7-28-8-6-21)10-29-17-19-15-13(16(25)20-17)9-18-22(15)11-1-3-12(4-2-11)23(26)27/h1-4,9H,5-8,10H2,(H,19,20,25). The number of aromatic nitrogens is 4. The Kier molecular flexibility index (Phi) is 5.27. The number of nitrogens with zero attached hydrogens (tertiary/aromatic N) is 5. The Bertz CT molecular complexity index is 1120. The van der Waals surface area contributed by atoms with E-state index < -0.39 is 4.92 Å². The Morgan fingerprint density at radius 3 is 2.69 bits per heavy atom. The minimum absolute atomic E-state index is 0.0473. The van der Waals surface area contributed by atoms with Crippen molar-refractivity contribution in [3.8, 4) is 5.69 Å². The van der Waals surface area contributed by atoms with E-state index in [9.17, 15) is 19.7 Å². The van der Waals surface area contributed by atoms with Gasteiger partial charge in [0.2, 0.25) is 5.91 Å². The van der Waals surface area contributed by atoms with E-state index >= 15 is 0 Å². The molecule has 29 heavy (non-hydrogen) atoms. The van der Waals surface area contributed by atoms with Gasteiger partial charge in [-0.2, -0.15) is 5.10 Å². The predicted molar refractivity (Wildman–Crippen MR) is 104 cm³/mol. The number of aromatic amines is 1. The molecule has 1 aliphatic rings. The number of amides is 1. The van der Waals surface area contributed by atoms with Crippen LogP contribution >= 0.6 is 11.8 Å². The summed E-state index contributed by atoms with van der Waals surface area (Å²) >= 11 is 1.14. The third kappa shape index (κ3) is 3.98. The number of rotatable bonds is 5. The van der Waals surface area contributed by atoms with Gasteiger partial charge in [0.05, 0.1) is 35.8 Å². The molecule has 1 aliphatic heterocycles. The van der Waals surface area contributed by atoms with Crippen LogP contribution in [0.4, 0.5) is 5.69 Å². The summed E-state index contributed by atoms with van der Waals surface area (Å²) in [5.74, 6) is 0.0880. The van der Waals surface area contributed by atoms with Crippen molar-refractivity contribution < 1.29 is 14.5 Å². The molecule has 12 heteroatoms. The highest BCUT2D eigenvalue weighted by Crippen LogP contribution is 2.20. The van der Waals surface area contributed by atoms with Crippen LogP contribution in [-0.2, 0) is 9.53 Å². The highest BCUT2D eigenvalue weighted by Gasteiger charge is 2.18. The van der Waals surface area contributed by atoms with E-state index in [0.717, 1.165) is 11.8 Å². The van der Waals surface area contributed by atoms with E-state index in [-0.39, 0.29) is 28.3 Å². The lowest BCUT2D eigenvalue weighted by Crippen LogP contribution is -2.41. The van der Waals surface area contributed by atoms with E-state index in [1.54, 1.807) is 4.90 Å². The number of hydrogen-bond acceptors (Lipinski definition) is 8.